The Hall–Kier alpha value is -7.10. The van der Waals surface area contributed by atoms with Gasteiger partial charge in [0.15, 0.2) is 23.0 Å². The molecule has 0 saturated heterocycles. The molecule has 3 aliphatic rings. The van der Waals surface area contributed by atoms with Gasteiger partial charge in [-0.1, -0.05) is 159 Å². The number of fused-ring (bicyclic) bond motifs is 13. The second-order valence-corrected chi connectivity index (χ2v) is 14.2. The molecule has 0 atom stereocenters. The first-order valence-electron chi connectivity index (χ1n) is 18.7. The zero-order valence-corrected chi connectivity index (χ0v) is 30.5. The van der Waals surface area contributed by atoms with Crippen LogP contribution in [-0.2, 0) is 5.41 Å². The van der Waals surface area contributed by atoms with Gasteiger partial charge in [0.2, 0.25) is 0 Å². The number of rotatable bonds is 7. The fourth-order valence-corrected chi connectivity index (χ4v) is 9.02. The molecular formula is C52H37NO2. The normalized spacial score (nSPS) is 14.0. The molecule has 10 rings (SSSR count). The van der Waals surface area contributed by atoms with E-state index >= 15 is 0 Å². The van der Waals surface area contributed by atoms with Gasteiger partial charge in [-0.05, 0) is 99.0 Å². The Morgan fingerprint density at radius 1 is 0.582 bits per heavy atom. The molecule has 0 fully saturated rings. The Morgan fingerprint density at radius 2 is 1.18 bits per heavy atom. The molecule has 262 valence electrons. The molecule has 0 radical (unpaired) electrons. The molecule has 0 N–H and O–H groups in total. The fourth-order valence-electron chi connectivity index (χ4n) is 9.02. The van der Waals surface area contributed by atoms with Crippen LogP contribution in [0.5, 0.6) is 23.0 Å². The van der Waals surface area contributed by atoms with Crippen molar-refractivity contribution < 1.29 is 9.47 Å². The maximum atomic E-state index is 7.20. The van der Waals surface area contributed by atoms with Crippen LogP contribution in [-0.4, -0.2) is 0 Å². The van der Waals surface area contributed by atoms with Crippen LogP contribution in [0.1, 0.15) is 40.3 Å². The van der Waals surface area contributed by atoms with E-state index in [1.807, 2.05) is 24.3 Å². The summed E-state index contributed by atoms with van der Waals surface area (Å²) in [5.74, 6) is 2.76. The van der Waals surface area contributed by atoms with Crippen molar-refractivity contribution in [1.82, 2.24) is 0 Å². The van der Waals surface area contributed by atoms with Gasteiger partial charge in [-0.3, -0.25) is 0 Å². The predicted molar refractivity (Wildman–Crippen MR) is 226 cm³/mol. The molecule has 0 unspecified atom stereocenters. The first-order chi connectivity index (χ1) is 27.1. The summed E-state index contributed by atoms with van der Waals surface area (Å²) in [6, 6.07) is 55.8. The van der Waals surface area contributed by atoms with Crippen molar-refractivity contribution >= 4 is 23.0 Å². The Balaban J connectivity index is 1.17. The number of anilines is 2. The Labute approximate surface area is 322 Å². The first kappa shape index (κ1) is 32.5. The zero-order chi connectivity index (χ0) is 37.1. The van der Waals surface area contributed by atoms with Gasteiger partial charge in [0.25, 0.3) is 0 Å². The number of para-hydroxylation sites is 1. The quantitative estimate of drug-likeness (QED) is 0.154. The highest BCUT2D eigenvalue weighted by atomic mass is 16.6. The Morgan fingerprint density at radius 3 is 1.85 bits per heavy atom. The van der Waals surface area contributed by atoms with Gasteiger partial charge in [0.1, 0.15) is 0 Å². The number of allylic oxidation sites excluding steroid dienone is 5. The molecular weight excluding hydrogens is 671 g/mol. The molecule has 2 aliphatic carbocycles. The standard InChI is InChI=1S/C52H37NO2/c1-4-17-36(5-2)37-20-15-21-38(33-37)53(34(3)32-35-18-7-6-8-19-35)46-28-16-29-47-50(46)54-48-31-30-42-41-24-11-14-27-45(41)52(49(42)51(48)55-47)43-25-12-9-22-39(43)40-23-10-13-26-44(40)52/h4-33H,1-2H2,3H3/b34-32-,36-17+. The van der Waals surface area contributed by atoms with E-state index in [-0.39, 0.29) is 0 Å². The van der Waals surface area contributed by atoms with E-state index in [0.717, 1.165) is 50.6 Å². The molecule has 3 nitrogen and oxygen atoms in total. The van der Waals surface area contributed by atoms with Gasteiger partial charge in [-0.25, -0.2) is 0 Å². The number of ether oxygens (including phenoxy) is 2. The molecule has 55 heavy (non-hydrogen) atoms. The van der Waals surface area contributed by atoms with Gasteiger partial charge in [-0.15, -0.1) is 0 Å². The van der Waals surface area contributed by atoms with Gasteiger partial charge >= 0.3 is 0 Å². The lowest BCUT2D eigenvalue weighted by molar-refractivity contribution is 0.355. The molecule has 1 aliphatic heterocycles. The van der Waals surface area contributed by atoms with E-state index in [1.54, 1.807) is 6.08 Å². The summed E-state index contributed by atoms with van der Waals surface area (Å²) in [5, 5.41) is 0. The van der Waals surface area contributed by atoms with Crippen molar-refractivity contribution in [3.05, 3.63) is 228 Å². The van der Waals surface area contributed by atoms with Gasteiger partial charge in [-0.2, -0.15) is 0 Å². The van der Waals surface area contributed by atoms with E-state index in [4.69, 9.17) is 9.47 Å². The summed E-state index contributed by atoms with van der Waals surface area (Å²) in [4.78, 5) is 2.24. The third-order valence-electron chi connectivity index (χ3n) is 11.2. The van der Waals surface area contributed by atoms with Crippen LogP contribution in [0.15, 0.2) is 195 Å². The fraction of sp³-hybridized carbons (Fsp3) is 0.0385. The van der Waals surface area contributed by atoms with E-state index in [0.29, 0.717) is 17.2 Å². The molecule has 0 aromatic heterocycles. The van der Waals surface area contributed by atoms with Crippen molar-refractivity contribution in [3.63, 3.8) is 0 Å². The van der Waals surface area contributed by atoms with Crippen molar-refractivity contribution in [1.29, 1.82) is 0 Å². The summed E-state index contributed by atoms with van der Waals surface area (Å²) < 4.78 is 14.3. The van der Waals surface area contributed by atoms with Crippen molar-refractivity contribution in [3.8, 4) is 45.3 Å². The lowest BCUT2D eigenvalue weighted by atomic mass is 9.70. The largest absolute Gasteiger partial charge is 0.449 e. The Bertz CT molecular complexity index is 2710. The van der Waals surface area contributed by atoms with E-state index < -0.39 is 5.41 Å². The highest BCUT2D eigenvalue weighted by molar-refractivity contribution is 5.97. The highest BCUT2D eigenvalue weighted by Crippen LogP contribution is 2.67. The summed E-state index contributed by atoms with van der Waals surface area (Å²) in [7, 11) is 0. The summed E-state index contributed by atoms with van der Waals surface area (Å²) >= 11 is 0. The van der Waals surface area contributed by atoms with Crippen molar-refractivity contribution in [2.24, 2.45) is 0 Å². The average Bonchev–Trinajstić information content (AvgIpc) is 3.70. The molecule has 7 aromatic rings. The third kappa shape index (κ3) is 4.83. The van der Waals surface area contributed by atoms with Crippen molar-refractivity contribution in [2.75, 3.05) is 4.90 Å². The van der Waals surface area contributed by atoms with Gasteiger partial charge in [0.05, 0.1) is 11.1 Å². The molecule has 3 heteroatoms. The van der Waals surface area contributed by atoms with Crippen LogP contribution in [0, 0.1) is 0 Å². The van der Waals surface area contributed by atoms with Crippen LogP contribution < -0.4 is 14.4 Å². The number of hydrogen-bond donors (Lipinski definition) is 0. The van der Waals surface area contributed by atoms with Gasteiger partial charge < -0.3 is 14.4 Å². The minimum atomic E-state index is -0.563. The molecule has 7 aromatic carbocycles. The third-order valence-corrected chi connectivity index (χ3v) is 11.2. The predicted octanol–water partition coefficient (Wildman–Crippen LogP) is 13.9. The SMILES string of the molecule is C=C/C=C(\C=C)c1cccc(N(/C(C)=C\c2ccccc2)c2cccc3c2Oc2ccc4c(c2O3)C2(c3ccccc3-c3ccccc32)c2ccccc2-4)c1. The van der Waals surface area contributed by atoms with E-state index in [1.165, 1.54) is 33.4 Å². The zero-order valence-electron chi connectivity index (χ0n) is 30.5. The topological polar surface area (TPSA) is 21.7 Å². The van der Waals surface area contributed by atoms with Crippen LogP contribution in [0.25, 0.3) is 33.9 Å². The highest BCUT2D eigenvalue weighted by Gasteiger charge is 2.54. The molecule has 0 saturated carbocycles. The number of hydrogen-bond acceptors (Lipinski definition) is 3. The summed E-state index contributed by atoms with van der Waals surface area (Å²) in [5.41, 5.74) is 15.2. The second-order valence-electron chi connectivity index (χ2n) is 14.2. The smallest absolute Gasteiger partial charge is 0.194 e. The lowest BCUT2D eigenvalue weighted by Crippen LogP contribution is -2.27. The van der Waals surface area contributed by atoms with Crippen molar-refractivity contribution in [2.45, 2.75) is 12.3 Å². The number of nitrogens with zero attached hydrogens (tertiary/aromatic N) is 1. The first-order valence-corrected chi connectivity index (χ1v) is 18.7. The lowest BCUT2D eigenvalue weighted by Gasteiger charge is -2.34. The molecule has 1 heterocycles. The minimum absolute atomic E-state index is 0.563. The Kier molecular flexibility index (Phi) is 7.57. The van der Waals surface area contributed by atoms with Gasteiger partial charge in [0, 0.05) is 16.9 Å². The van der Waals surface area contributed by atoms with Crippen LogP contribution in [0.2, 0.25) is 0 Å². The van der Waals surface area contributed by atoms with E-state index in [9.17, 15) is 0 Å². The monoisotopic (exact) mass is 707 g/mol. The molecule has 0 bridgehead atoms. The number of benzene rings is 7. The molecule has 0 amide bonds. The summed E-state index contributed by atoms with van der Waals surface area (Å²) in [6.45, 7) is 10.1. The average molecular weight is 708 g/mol. The second kappa shape index (κ2) is 12.8. The molecule has 1 spiro atoms. The minimum Gasteiger partial charge on any atom is -0.449 e. The maximum absolute atomic E-state index is 7.20. The summed E-state index contributed by atoms with van der Waals surface area (Å²) in [6.07, 6.45) is 7.83. The van der Waals surface area contributed by atoms with Crippen LogP contribution >= 0.6 is 0 Å². The van der Waals surface area contributed by atoms with Crippen LogP contribution in [0.4, 0.5) is 11.4 Å². The van der Waals surface area contributed by atoms with E-state index in [2.05, 4.69) is 177 Å². The van der Waals surface area contributed by atoms with Crippen LogP contribution in [0.3, 0.4) is 0 Å². The maximum Gasteiger partial charge on any atom is 0.194 e.